The van der Waals surface area contributed by atoms with Crippen molar-refractivity contribution in [2.75, 3.05) is 19.1 Å². The van der Waals surface area contributed by atoms with Gasteiger partial charge in [0.05, 0.1) is 18.1 Å². The number of rotatable bonds is 5. The number of aromatic nitrogens is 2. The first kappa shape index (κ1) is 18.9. The van der Waals surface area contributed by atoms with Crippen LogP contribution in [0.15, 0.2) is 103 Å². The molecule has 5 rings (SSSR count). The number of nitrogens with zero attached hydrogens (tertiary/aromatic N) is 3. The van der Waals surface area contributed by atoms with E-state index in [0.717, 1.165) is 33.8 Å². The lowest BCUT2D eigenvalue weighted by atomic mass is 10.1. The Morgan fingerprint density at radius 1 is 0.742 bits per heavy atom. The molecule has 0 amide bonds. The molecule has 0 saturated carbocycles. The number of hydrogen-bond acceptors (Lipinski definition) is 3. The van der Waals surface area contributed by atoms with Gasteiger partial charge in [-0.25, -0.2) is 4.98 Å². The van der Waals surface area contributed by atoms with Crippen LogP contribution < -0.4 is 9.64 Å². The number of fused-ring (bicyclic) bond motifs is 1. The van der Waals surface area contributed by atoms with Gasteiger partial charge in [0.1, 0.15) is 12.1 Å². The van der Waals surface area contributed by atoms with Crippen molar-refractivity contribution in [3.8, 4) is 22.6 Å². The summed E-state index contributed by atoms with van der Waals surface area (Å²) in [6.45, 7) is 0. The smallest absolute Gasteiger partial charge is 0.119 e. The molecule has 4 heteroatoms. The van der Waals surface area contributed by atoms with E-state index in [-0.39, 0.29) is 0 Å². The second-order valence-electron chi connectivity index (χ2n) is 7.46. The maximum Gasteiger partial charge on any atom is 0.119 e. The van der Waals surface area contributed by atoms with E-state index in [1.807, 2.05) is 36.7 Å². The van der Waals surface area contributed by atoms with E-state index in [4.69, 9.17) is 4.74 Å². The summed E-state index contributed by atoms with van der Waals surface area (Å²) in [5.74, 6) is 0.843. The van der Waals surface area contributed by atoms with E-state index in [2.05, 4.69) is 88.2 Å². The third kappa shape index (κ3) is 3.64. The van der Waals surface area contributed by atoms with Crippen molar-refractivity contribution < 1.29 is 4.74 Å². The van der Waals surface area contributed by atoms with Crippen LogP contribution in [0.1, 0.15) is 0 Å². The normalized spacial score (nSPS) is 10.9. The Hall–Kier alpha value is -4.05. The lowest BCUT2D eigenvalue weighted by Crippen LogP contribution is -2.09. The van der Waals surface area contributed by atoms with Gasteiger partial charge in [-0.15, -0.1) is 0 Å². The van der Waals surface area contributed by atoms with Crippen molar-refractivity contribution in [1.29, 1.82) is 0 Å². The van der Waals surface area contributed by atoms with E-state index < -0.39 is 0 Å². The molecule has 0 N–H and O–H groups in total. The zero-order valence-electron chi connectivity index (χ0n) is 17.6. The van der Waals surface area contributed by atoms with Crippen LogP contribution in [-0.2, 0) is 0 Å². The summed E-state index contributed by atoms with van der Waals surface area (Å²) in [4.78, 5) is 6.81. The summed E-state index contributed by atoms with van der Waals surface area (Å²) in [7, 11) is 3.76. The van der Waals surface area contributed by atoms with Crippen molar-refractivity contribution in [3.63, 3.8) is 0 Å². The molecular weight excluding hydrogens is 382 g/mol. The molecule has 0 bridgehead atoms. The largest absolute Gasteiger partial charge is 0.497 e. The van der Waals surface area contributed by atoms with E-state index in [1.54, 1.807) is 7.11 Å². The predicted molar refractivity (Wildman–Crippen MR) is 128 cm³/mol. The Kier molecular flexibility index (Phi) is 4.89. The summed E-state index contributed by atoms with van der Waals surface area (Å²) in [5.41, 5.74) is 7.76. The van der Waals surface area contributed by atoms with Crippen LogP contribution in [0.25, 0.3) is 27.8 Å². The Bertz CT molecular complexity index is 1310. The Morgan fingerprint density at radius 2 is 1.42 bits per heavy atom. The minimum atomic E-state index is 0.843. The highest BCUT2D eigenvalue weighted by atomic mass is 16.5. The third-order valence-corrected chi connectivity index (χ3v) is 5.63. The number of hydrogen-bond donors (Lipinski definition) is 0. The van der Waals surface area contributed by atoms with Gasteiger partial charge in [-0.3, -0.25) is 4.57 Å². The first-order valence-corrected chi connectivity index (χ1v) is 10.2. The zero-order valence-corrected chi connectivity index (χ0v) is 17.6. The van der Waals surface area contributed by atoms with Gasteiger partial charge in [-0.05, 0) is 65.7 Å². The van der Waals surface area contributed by atoms with Crippen LogP contribution in [0.2, 0.25) is 0 Å². The standard InChI is InChI=1S/C27H23N3O/c1-29(22-10-8-21(9-11-22)20-6-4-3-5-7-20)24-14-17-27-26(18-24)28-19-30(27)23-12-15-25(31-2)16-13-23/h3-19H,1-2H3. The number of anilines is 2. The van der Waals surface area contributed by atoms with Crippen molar-refractivity contribution >= 4 is 22.4 Å². The molecule has 31 heavy (non-hydrogen) atoms. The van der Waals surface area contributed by atoms with Gasteiger partial charge in [0.15, 0.2) is 0 Å². The van der Waals surface area contributed by atoms with Crippen LogP contribution >= 0.6 is 0 Å². The number of ether oxygens (including phenoxy) is 1. The SMILES string of the molecule is COc1ccc(-n2cnc3cc(N(C)c4ccc(-c5ccccc5)cc4)ccc32)cc1. The quantitative estimate of drug-likeness (QED) is 0.336. The van der Waals surface area contributed by atoms with E-state index >= 15 is 0 Å². The second kappa shape index (κ2) is 8.00. The lowest BCUT2D eigenvalue weighted by Gasteiger charge is -2.20. The van der Waals surface area contributed by atoms with Crippen molar-refractivity contribution in [1.82, 2.24) is 9.55 Å². The molecule has 0 aliphatic heterocycles. The van der Waals surface area contributed by atoms with E-state index in [0.29, 0.717) is 0 Å². The maximum absolute atomic E-state index is 5.26. The topological polar surface area (TPSA) is 30.3 Å². The molecule has 4 aromatic carbocycles. The average Bonchev–Trinajstić information content (AvgIpc) is 3.27. The first-order valence-electron chi connectivity index (χ1n) is 10.2. The Labute approximate surface area is 182 Å². The highest BCUT2D eigenvalue weighted by molar-refractivity contribution is 5.83. The summed E-state index contributed by atoms with van der Waals surface area (Å²) >= 11 is 0. The fourth-order valence-corrected chi connectivity index (χ4v) is 3.82. The minimum Gasteiger partial charge on any atom is -0.497 e. The molecule has 0 fully saturated rings. The van der Waals surface area contributed by atoms with Crippen molar-refractivity contribution in [2.24, 2.45) is 0 Å². The number of imidazole rings is 1. The summed E-state index contributed by atoms with van der Waals surface area (Å²) in [5, 5.41) is 0. The van der Waals surface area contributed by atoms with Crippen molar-refractivity contribution in [3.05, 3.63) is 103 Å². The van der Waals surface area contributed by atoms with Gasteiger partial charge in [0, 0.05) is 24.1 Å². The third-order valence-electron chi connectivity index (χ3n) is 5.63. The van der Waals surface area contributed by atoms with Gasteiger partial charge in [-0.1, -0.05) is 42.5 Å². The zero-order chi connectivity index (χ0) is 21.2. The molecule has 4 nitrogen and oxygen atoms in total. The summed E-state index contributed by atoms with van der Waals surface area (Å²) < 4.78 is 7.35. The minimum absolute atomic E-state index is 0.843. The van der Waals surface area contributed by atoms with Gasteiger partial charge in [0.2, 0.25) is 0 Å². The number of benzene rings is 4. The molecule has 0 aliphatic rings. The highest BCUT2D eigenvalue weighted by Crippen LogP contribution is 2.30. The molecule has 0 atom stereocenters. The molecule has 5 aromatic rings. The fraction of sp³-hybridized carbons (Fsp3) is 0.0741. The van der Waals surface area contributed by atoms with Crippen LogP contribution in [0.3, 0.4) is 0 Å². The lowest BCUT2D eigenvalue weighted by molar-refractivity contribution is 0.415. The Morgan fingerprint density at radius 3 is 2.13 bits per heavy atom. The molecule has 0 spiro atoms. The maximum atomic E-state index is 5.26. The summed E-state index contributed by atoms with van der Waals surface area (Å²) in [6, 6.07) is 33.4. The molecule has 0 unspecified atom stereocenters. The van der Waals surface area contributed by atoms with Gasteiger partial charge >= 0.3 is 0 Å². The van der Waals surface area contributed by atoms with Gasteiger partial charge < -0.3 is 9.64 Å². The Balaban J connectivity index is 1.42. The number of methoxy groups -OCH3 is 1. The fourth-order valence-electron chi connectivity index (χ4n) is 3.82. The molecule has 1 heterocycles. The van der Waals surface area contributed by atoms with Crippen molar-refractivity contribution in [2.45, 2.75) is 0 Å². The van der Waals surface area contributed by atoms with E-state index in [9.17, 15) is 0 Å². The molecule has 152 valence electrons. The first-order chi connectivity index (χ1) is 15.2. The van der Waals surface area contributed by atoms with Gasteiger partial charge in [-0.2, -0.15) is 0 Å². The van der Waals surface area contributed by atoms with E-state index in [1.165, 1.54) is 11.1 Å². The second-order valence-corrected chi connectivity index (χ2v) is 7.46. The predicted octanol–water partition coefficient (Wildman–Crippen LogP) is 6.47. The van der Waals surface area contributed by atoms with Gasteiger partial charge in [0.25, 0.3) is 0 Å². The molecule has 0 aliphatic carbocycles. The summed E-state index contributed by atoms with van der Waals surface area (Å²) in [6.07, 6.45) is 1.87. The van der Waals surface area contributed by atoms with Crippen LogP contribution in [0, 0.1) is 0 Å². The average molecular weight is 406 g/mol. The van der Waals surface area contributed by atoms with Crippen LogP contribution in [0.5, 0.6) is 5.75 Å². The monoisotopic (exact) mass is 405 g/mol. The molecular formula is C27H23N3O. The van der Waals surface area contributed by atoms with Crippen LogP contribution in [0.4, 0.5) is 11.4 Å². The van der Waals surface area contributed by atoms with Crippen LogP contribution in [-0.4, -0.2) is 23.7 Å². The molecule has 0 radical (unpaired) electrons. The highest BCUT2D eigenvalue weighted by Gasteiger charge is 2.10. The molecule has 1 aromatic heterocycles. The molecule has 0 saturated heterocycles.